The Balaban J connectivity index is 2.49. The predicted octanol–water partition coefficient (Wildman–Crippen LogP) is 2.10. The van der Waals surface area contributed by atoms with Gasteiger partial charge in [0.2, 0.25) is 0 Å². The Morgan fingerprint density at radius 2 is 2.31 bits per heavy atom. The van der Waals surface area contributed by atoms with Gasteiger partial charge in [-0.3, -0.25) is 4.67 Å². The van der Waals surface area contributed by atoms with Crippen molar-refractivity contribution >= 4 is 9.39 Å². The Bertz CT molecular complexity index is 327. The molecule has 0 spiro atoms. The van der Waals surface area contributed by atoms with Crippen molar-refractivity contribution in [3.63, 3.8) is 0 Å². The molecule has 1 aliphatic heterocycles. The zero-order valence-electron chi connectivity index (χ0n) is 7.70. The molecule has 0 aromatic heterocycles. The molecule has 0 saturated heterocycles. The summed E-state index contributed by atoms with van der Waals surface area (Å²) >= 11 is 0. The Morgan fingerprint density at radius 1 is 1.54 bits per heavy atom. The third-order valence-corrected chi connectivity index (χ3v) is 3.46. The van der Waals surface area contributed by atoms with Crippen molar-refractivity contribution in [3.05, 3.63) is 29.3 Å². The maximum atomic E-state index is 9.64. The van der Waals surface area contributed by atoms with Crippen LogP contribution < -0.4 is 0 Å². The number of hydrogen-bond donors (Lipinski definition) is 1. The molecular weight excluding hydrogens is 181 g/mol. The fraction of sp³-hybridized carbons (Fsp3) is 0.400. The number of benzene rings is 1. The van der Waals surface area contributed by atoms with Gasteiger partial charge >= 0.3 is 0 Å². The summed E-state index contributed by atoms with van der Waals surface area (Å²) in [5.41, 5.74) is 2.37. The van der Waals surface area contributed by atoms with Gasteiger partial charge in [0.05, 0.1) is 0 Å². The second-order valence-corrected chi connectivity index (χ2v) is 4.17. The maximum absolute atomic E-state index is 9.64. The molecular formula is C10H14NOP. The van der Waals surface area contributed by atoms with Crippen LogP contribution in [-0.2, 0) is 6.42 Å². The first-order valence-corrected chi connectivity index (χ1v) is 5.04. The summed E-state index contributed by atoms with van der Waals surface area (Å²) in [5, 5.41) is 9.64. The van der Waals surface area contributed by atoms with E-state index >= 15 is 0 Å². The molecule has 13 heavy (non-hydrogen) atoms. The summed E-state index contributed by atoms with van der Waals surface area (Å²) in [5.74, 6) is 0.447. The van der Waals surface area contributed by atoms with E-state index in [-0.39, 0.29) is 0 Å². The highest BCUT2D eigenvalue weighted by Crippen LogP contribution is 2.35. The van der Waals surface area contributed by atoms with Gasteiger partial charge in [0.1, 0.15) is 5.75 Å². The molecule has 0 fully saturated rings. The van der Waals surface area contributed by atoms with Crippen LogP contribution in [0.25, 0.3) is 0 Å². The van der Waals surface area contributed by atoms with E-state index in [0.29, 0.717) is 11.8 Å². The highest BCUT2D eigenvalue weighted by Gasteiger charge is 2.22. The Hall–Kier alpha value is -0.590. The van der Waals surface area contributed by atoms with E-state index in [0.717, 1.165) is 18.5 Å². The van der Waals surface area contributed by atoms with Crippen LogP contribution in [0.4, 0.5) is 0 Å². The number of phenolic OH excluding ortho intramolecular Hbond substituents is 1. The van der Waals surface area contributed by atoms with E-state index in [4.69, 9.17) is 0 Å². The average Bonchev–Trinajstić information content (AvgIpc) is 2.12. The normalized spacial score (nSPS) is 22.8. The van der Waals surface area contributed by atoms with Crippen LogP contribution in [0.1, 0.15) is 24.1 Å². The molecule has 1 heterocycles. The molecule has 0 aliphatic carbocycles. The number of nitrogens with zero attached hydrogens (tertiary/aromatic N) is 1. The number of rotatable bonds is 0. The number of hydrogen-bond acceptors (Lipinski definition) is 2. The summed E-state index contributed by atoms with van der Waals surface area (Å²) in [6.07, 6.45) is 0.940. The molecule has 1 aliphatic rings. The minimum absolute atomic E-state index is 0.390. The van der Waals surface area contributed by atoms with E-state index in [9.17, 15) is 5.11 Å². The zero-order valence-corrected chi connectivity index (χ0v) is 8.85. The smallest absolute Gasteiger partial charge is 0.119 e. The summed E-state index contributed by atoms with van der Waals surface area (Å²) in [4.78, 5) is 0. The van der Waals surface area contributed by atoms with Gasteiger partial charge in [-0.25, -0.2) is 0 Å². The second-order valence-electron chi connectivity index (χ2n) is 3.51. The van der Waals surface area contributed by atoms with Crippen LogP contribution in [0.5, 0.6) is 5.75 Å². The van der Waals surface area contributed by atoms with Crippen molar-refractivity contribution in [2.24, 2.45) is 0 Å². The lowest BCUT2D eigenvalue weighted by Crippen LogP contribution is -2.25. The minimum Gasteiger partial charge on any atom is -0.508 e. The Kier molecular flexibility index (Phi) is 2.27. The van der Waals surface area contributed by atoms with Crippen LogP contribution in [0.2, 0.25) is 0 Å². The third-order valence-electron chi connectivity index (χ3n) is 2.76. The first kappa shape index (κ1) is 8.98. The van der Waals surface area contributed by atoms with Gasteiger partial charge in [0.25, 0.3) is 0 Å². The van der Waals surface area contributed by atoms with Gasteiger partial charge in [-0.15, -0.1) is 0 Å². The number of fused-ring (bicyclic) bond motifs is 1. The quantitative estimate of drug-likeness (QED) is 0.641. The highest BCUT2D eigenvalue weighted by atomic mass is 31.0. The van der Waals surface area contributed by atoms with Gasteiger partial charge < -0.3 is 5.11 Å². The molecule has 1 aromatic rings. The molecule has 2 rings (SSSR count). The first-order chi connectivity index (χ1) is 6.20. The number of aromatic hydroxyl groups is 1. The maximum Gasteiger partial charge on any atom is 0.119 e. The van der Waals surface area contributed by atoms with Crippen molar-refractivity contribution in [2.75, 3.05) is 6.54 Å². The molecule has 1 aromatic carbocycles. The molecule has 3 heteroatoms. The fourth-order valence-corrected chi connectivity index (χ4v) is 2.16. The standard InChI is InChI=1S/C10H14NOP/c1-7-8-3-2-4-10(12)9(8)5-6-11(7)13/h2-4,7,12H,5-6,13H2,1H3. The van der Waals surface area contributed by atoms with Gasteiger partial charge in [0, 0.05) is 12.6 Å². The van der Waals surface area contributed by atoms with Crippen LogP contribution in [0, 0.1) is 0 Å². The largest absolute Gasteiger partial charge is 0.508 e. The zero-order chi connectivity index (χ0) is 9.42. The van der Waals surface area contributed by atoms with E-state index in [1.54, 1.807) is 6.07 Å². The van der Waals surface area contributed by atoms with Crippen LogP contribution in [0.15, 0.2) is 18.2 Å². The van der Waals surface area contributed by atoms with Crippen molar-refractivity contribution in [3.8, 4) is 5.75 Å². The monoisotopic (exact) mass is 195 g/mol. The molecule has 2 atom stereocenters. The summed E-state index contributed by atoms with van der Waals surface area (Å²) in [6, 6.07) is 6.16. The lowest BCUT2D eigenvalue weighted by molar-refractivity contribution is 0.353. The van der Waals surface area contributed by atoms with E-state index in [1.165, 1.54) is 5.56 Å². The van der Waals surface area contributed by atoms with Gasteiger partial charge in [0.15, 0.2) is 0 Å². The first-order valence-electron chi connectivity index (χ1n) is 4.52. The van der Waals surface area contributed by atoms with Crippen molar-refractivity contribution < 1.29 is 5.11 Å². The third kappa shape index (κ3) is 1.45. The van der Waals surface area contributed by atoms with Crippen molar-refractivity contribution in [1.82, 2.24) is 4.67 Å². The van der Waals surface area contributed by atoms with Gasteiger partial charge in [-0.1, -0.05) is 21.5 Å². The highest BCUT2D eigenvalue weighted by molar-refractivity contribution is 7.13. The van der Waals surface area contributed by atoms with Crippen LogP contribution in [0.3, 0.4) is 0 Å². The average molecular weight is 195 g/mol. The summed E-state index contributed by atoms with van der Waals surface area (Å²) in [6.45, 7) is 3.15. The Morgan fingerprint density at radius 3 is 3.08 bits per heavy atom. The topological polar surface area (TPSA) is 23.5 Å². The molecule has 0 bridgehead atoms. The lowest BCUT2D eigenvalue weighted by Gasteiger charge is -2.31. The number of phenols is 1. The van der Waals surface area contributed by atoms with Gasteiger partial charge in [-0.2, -0.15) is 0 Å². The molecule has 0 saturated carbocycles. The van der Waals surface area contributed by atoms with Gasteiger partial charge in [-0.05, 0) is 30.5 Å². The fourth-order valence-electron chi connectivity index (χ4n) is 1.87. The predicted molar refractivity (Wildman–Crippen MR) is 56.6 cm³/mol. The summed E-state index contributed by atoms with van der Waals surface area (Å²) in [7, 11) is 2.73. The lowest BCUT2D eigenvalue weighted by atomic mass is 9.94. The van der Waals surface area contributed by atoms with Crippen molar-refractivity contribution in [2.45, 2.75) is 19.4 Å². The van der Waals surface area contributed by atoms with E-state index in [1.807, 2.05) is 6.07 Å². The molecule has 2 unspecified atom stereocenters. The molecule has 0 radical (unpaired) electrons. The summed E-state index contributed by atoms with van der Waals surface area (Å²) < 4.78 is 2.22. The molecule has 2 nitrogen and oxygen atoms in total. The van der Waals surface area contributed by atoms with E-state index in [2.05, 4.69) is 27.1 Å². The Labute approximate surface area is 80.8 Å². The van der Waals surface area contributed by atoms with Crippen molar-refractivity contribution in [1.29, 1.82) is 0 Å². The molecule has 0 amide bonds. The minimum atomic E-state index is 0.390. The van der Waals surface area contributed by atoms with Crippen LogP contribution in [-0.4, -0.2) is 16.3 Å². The molecule has 70 valence electrons. The second kappa shape index (κ2) is 3.28. The van der Waals surface area contributed by atoms with E-state index < -0.39 is 0 Å². The molecule has 1 N–H and O–H groups in total. The SMILES string of the molecule is CC1c2cccc(O)c2CCN1P. The van der Waals surface area contributed by atoms with Crippen LogP contribution >= 0.6 is 9.39 Å².